The van der Waals surface area contributed by atoms with Crippen molar-refractivity contribution in [3.8, 4) is 0 Å². The lowest BCUT2D eigenvalue weighted by atomic mass is 10.1. The summed E-state index contributed by atoms with van der Waals surface area (Å²) in [7, 11) is -1.25. The van der Waals surface area contributed by atoms with Gasteiger partial charge in [0.15, 0.2) is 9.84 Å². The lowest BCUT2D eigenvalue weighted by molar-refractivity contribution is 0.600. The maximum absolute atomic E-state index is 13.8. The molecule has 0 spiro atoms. The van der Waals surface area contributed by atoms with Crippen molar-refractivity contribution in [2.45, 2.75) is 12.5 Å². The van der Waals surface area contributed by atoms with Gasteiger partial charge in [-0.05, 0) is 18.6 Å². The van der Waals surface area contributed by atoms with Crippen LogP contribution in [0.4, 0.5) is 10.1 Å². The monoisotopic (exact) mass is 302 g/mol. The molecule has 2 rings (SSSR count). The molecule has 1 saturated heterocycles. The van der Waals surface area contributed by atoms with Crippen LogP contribution >= 0.6 is 12.2 Å². The Balaban J connectivity index is 2.37. The highest BCUT2D eigenvalue weighted by Crippen LogP contribution is 2.27. The Bertz CT molecular complexity index is 616. The molecule has 1 heterocycles. The molecule has 7 heteroatoms. The fourth-order valence-electron chi connectivity index (χ4n) is 2.33. The summed E-state index contributed by atoms with van der Waals surface area (Å²) in [5.41, 5.74) is 6.26. The Morgan fingerprint density at radius 2 is 2.21 bits per heavy atom. The number of benzene rings is 1. The molecule has 1 aliphatic rings. The quantitative estimate of drug-likeness (QED) is 0.847. The first-order valence-electron chi connectivity index (χ1n) is 5.83. The zero-order valence-electron chi connectivity index (χ0n) is 10.5. The summed E-state index contributed by atoms with van der Waals surface area (Å²) in [6.07, 6.45) is 0.534. The van der Waals surface area contributed by atoms with E-state index in [0.717, 1.165) is 0 Å². The Morgan fingerprint density at radius 1 is 1.53 bits per heavy atom. The van der Waals surface area contributed by atoms with Crippen LogP contribution in [0.1, 0.15) is 12.0 Å². The topological polar surface area (TPSA) is 63.4 Å². The predicted molar refractivity (Wildman–Crippen MR) is 77.7 cm³/mol. The van der Waals surface area contributed by atoms with Crippen molar-refractivity contribution in [1.29, 1.82) is 0 Å². The standard InChI is InChI=1S/C12H15FN2O2S2/c1-15(8-5-6-19(16,17)7-8)10-4-2-3-9(13)11(10)12(14)18/h2-4,8H,5-7H2,1H3,(H2,14,18). The lowest BCUT2D eigenvalue weighted by Crippen LogP contribution is -2.34. The van der Waals surface area contributed by atoms with Gasteiger partial charge in [-0.25, -0.2) is 12.8 Å². The van der Waals surface area contributed by atoms with Crippen LogP contribution < -0.4 is 10.6 Å². The van der Waals surface area contributed by atoms with Gasteiger partial charge in [0.1, 0.15) is 10.8 Å². The molecule has 0 radical (unpaired) electrons. The van der Waals surface area contributed by atoms with Crippen molar-refractivity contribution in [3.05, 3.63) is 29.6 Å². The Labute approximate surface area is 117 Å². The normalized spacial score (nSPS) is 21.3. The fourth-order valence-corrected chi connectivity index (χ4v) is 4.30. The Morgan fingerprint density at radius 3 is 2.74 bits per heavy atom. The average Bonchev–Trinajstić information content (AvgIpc) is 2.68. The first kappa shape index (κ1) is 14.2. The highest BCUT2D eigenvalue weighted by atomic mass is 32.2. The molecule has 104 valence electrons. The van der Waals surface area contributed by atoms with E-state index in [0.29, 0.717) is 12.1 Å². The molecule has 0 amide bonds. The molecule has 19 heavy (non-hydrogen) atoms. The van der Waals surface area contributed by atoms with Gasteiger partial charge in [0.2, 0.25) is 0 Å². The van der Waals surface area contributed by atoms with Crippen LogP contribution in [0, 0.1) is 5.82 Å². The molecule has 1 aromatic rings. The molecular formula is C12H15FN2O2S2. The van der Waals surface area contributed by atoms with Gasteiger partial charge < -0.3 is 10.6 Å². The van der Waals surface area contributed by atoms with Crippen molar-refractivity contribution in [3.63, 3.8) is 0 Å². The summed E-state index contributed by atoms with van der Waals surface area (Å²) in [5.74, 6) is -0.242. The lowest BCUT2D eigenvalue weighted by Gasteiger charge is -2.27. The van der Waals surface area contributed by atoms with Crippen LogP contribution in [0.2, 0.25) is 0 Å². The number of anilines is 1. The van der Waals surface area contributed by atoms with Crippen molar-refractivity contribution in [2.24, 2.45) is 5.73 Å². The van der Waals surface area contributed by atoms with Gasteiger partial charge >= 0.3 is 0 Å². The van der Waals surface area contributed by atoms with Crippen molar-refractivity contribution >= 4 is 32.7 Å². The van der Waals surface area contributed by atoms with Crippen molar-refractivity contribution in [2.75, 3.05) is 23.5 Å². The summed E-state index contributed by atoms with van der Waals surface area (Å²) in [6, 6.07) is 4.38. The van der Waals surface area contributed by atoms with Crippen molar-refractivity contribution in [1.82, 2.24) is 0 Å². The third-order valence-electron chi connectivity index (χ3n) is 3.37. The minimum absolute atomic E-state index is 0.0270. The van der Waals surface area contributed by atoms with E-state index in [2.05, 4.69) is 0 Å². The van der Waals surface area contributed by atoms with Gasteiger partial charge in [-0.2, -0.15) is 0 Å². The van der Waals surface area contributed by atoms with E-state index in [-0.39, 0.29) is 28.1 Å². The second-order valence-electron chi connectivity index (χ2n) is 4.67. The van der Waals surface area contributed by atoms with Crippen LogP contribution in [0.15, 0.2) is 18.2 Å². The molecule has 0 aliphatic carbocycles. The number of nitrogens with two attached hydrogens (primary N) is 1. The van der Waals surface area contributed by atoms with E-state index >= 15 is 0 Å². The molecule has 1 atom stereocenters. The number of sulfone groups is 1. The number of rotatable bonds is 3. The molecule has 4 nitrogen and oxygen atoms in total. The number of hydrogen-bond donors (Lipinski definition) is 1. The molecular weight excluding hydrogens is 287 g/mol. The van der Waals surface area contributed by atoms with Crippen LogP contribution in [0.3, 0.4) is 0 Å². The zero-order chi connectivity index (χ0) is 14.2. The van der Waals surface area contributed by atoms with Gasteiger partial charge in [0.25, 0.3) is 0 Å². The second kappa shape index (κ2) is 5.05. The molecule has 2 N–H and O–H groups in total. The van der Waals surface area contributed by atoms with E-state index in [1.54, 1.807) is 24.1 Å². The first-order chi connectivity index (χ1) is 8.82. The summed E-state index contributed by atoms with van der Waals surface area (Å²) < 4.78 is 36.8. The van der Waals surface area contributed by atoms with Crippen LogP contribution in [0.5, 0.6) is 0 Å². The molecule has 1 unspecified atom stereocenters. The number of halogens is 1. The summed E-state index contributed by atoms with van der Waals surface area (Å²) in [6.45, 7) is 0. The SMILES string of the molecule is CN(c1cccc(F)c1C(N)=S)C1CCS(=O)(=O)C1. The average molecular weight is 302 g/mol. The Hall–Kier alpha value is -1.21. The first-order valence-corrected chi connectivity index (χ1v) is 8.06. The largest absolute Gasteiger partial charge is 0.389 e. The third kappa shape index (κ3) is 2.87. The summed E-state index contributed by atoms with van der Waals surface area (Å²) >= 11 is 4.87. The molecule has 0 saturated carbocycles. The molecule has 0 bridgehead atoms. The maximum Gasteiger partial charge on any atom is 0.152 e. The van der Waals surface area contributed by atoms with E-state index < -0.39 is 15.7 Å². The van der Waals surface area contributed by atoms with Crippen LogP contribution in [-0.4, -0.2) is 38.0 Å². The number of thiocarbonyl (C=S) groups is 1. The zero-order valence-corrected chi connectivity index (χ0v) is 12.1. The summed E-state index contributed by atoms with van der Waals surface area (Å²) in [5, 5.41) is 0. The molecule has 1 aromatic carbocycles. The van der Waals surface area contributed by atoms with Gasteiger partial charge in [0.05, 0.1) is 17.1 Å². The highest BCUT2D eigenvalue weighted by molar-refractivity contribution is 7.91. The third-order valence-corrected chi connectivity index (χ3v) is 5.33. The second-order valence-corrected chi connectivity index (χ2v) is 7.33. The van der Waals surface area contributed by atoms with Crippen LogP contribution in [0.25, 0.3) is 0 Å². The fraction of sp³-hybridized carbons (Fsp3) is 0.417. The van der Waals surface area contributed by atoms with Gasteiger partial charge in [-0.1, -0.05) is 18.3 Å². The minimum Gasteiger partial charge on any atom is -0.389 e. The number of nitrogens with zero attached hydrogens (tertiary/aromatic N) is 1. The summed E-state index contributed by atoms with van der Waals surface area (Å²) in [4.78, 5) is 1.73. The minimum atomic E-state index is -2.99. The number of hydrogen-bond acceptors (Lipinski definition) is 4. The van der Waals surface area contributed by atoms with E-state index in [1.165, 1.54) is 6.07 Å². The maximum atomic E-state index is 13.8. The molecule has 0 aromatic heterocycles. The Kier molecular flexibility index (Phi) is 3.78. The van der Waals surface area contributed by atoms with Crippen molar-refractivity contribution < 1.29 is 12.8 Å². The van der Waals surface area contributed by atoms with Gasteiger partial charge in [0, 0.05) is 18.8 Å². The van der Waals surface area contributed by atoms with Gasteiger partial charge in [-0.15, -0.1) is 0 Å². The smallest absolute Gasteiger partial charge is 0.152 e. The van der Waals surface area contributed by atoms with E-state index in [1.807, 2.05) is 0 Å². The molecule has 1 fully saturated rings. The highest BCUT2D eigenvalue weighted by Gasteiger charge is 2.32. The van der Waals surface area contributed by atoms with E-state index in [9.17, 15) is 12.8 Å². The van der Waals surface area contributed by atoms with E-state index in [4.69, 9.17) is 18.0 Å². The van der Waals surface area contributed by atoms with Gasteiger partial charge in [-0.3, -0.25) is 0 Å². The molecule has 1 aliphatic heterocycles. The van der Waals surface area contributed by atoms with Crippen LogP contribution in [-0.2, 0) is 9.84 Å². The predicted octanol–water partition coefficient (Wildman–Crippen LogP) is 1.08.